The van der Waals surface area contributed by atoms with Gasteiger partial charge in [-0.25, -0.2) is 0 Å². The van der Waals surface area contributed by atoms with Crippen LogP contribution in [0.25, 0.3) is 0 Å². The summed E-state index contributed by atoms with van der Waals surface area (Å²) < 4.78 is 0. The average Bonchev–Trinajstić information content (AvgIpc) is 2.26. The largest absolute Gasteiger partial charge is 0.395 e. The molecule has 1 saturated carbocycles. The van der Waals surface area contributed by atoms with E-state index in [2.05, 4.69) is 11.0 Å². The van der Waals surface area contributed by atoms with Crippen molar-refractivity contribution in [1.82, 2.24) is 4.90 Å². The van der Waals surface area contributed by atoms with Crippen molar-refractivity contribution in [1.29, 1.82) is 5.26 Å². The summed E-state index contributed by atoms with van der Waals surface area (Å²) in [5.74, 6) is 0. The smallest absolute Gasteiger partial charge is 0.0952 e. The number of nitrogens with zero attached hydrogens (tertiary/aromatic N) is 2. The van der Waals surface area contributed by atoms with Crippen molar-refractivity contribution < 1.29 is 5.11 Å². The van der Waals surface area contributed by atoms with Crippen molar-refractivity contribution in [3.05, 3.63) is 0 Å². The molecule has 0 aromatic heterocycles. The predicted molar refractivity (Wildman–Crippen MR) is 55.7 cm³/mol. The molecular weight excluding hydrogens is 176 g/mol. The molecule has 3 nitrogen and oxygen atoms in total. The molecule has 1 aliphatic rings. The van der Waals surface area contributed by atoms with E-state index < -0.39 is 0 Å². The molecule has 0 spiro atoms. The Morgan fingerprint density at radius 2 is 2.07 bits per heavy atom. The van der Waals surface area contributed by atoms with Crippen LogP contribution < -0.4 is 0 Å². The fraction of sp³-hybridized carbons (Fsp3) is 0.909. The van der Waals surface area contributed by atoms with Gasteiger partial charge in [-0.1, -0.05) is 19.3 Å². The van der Waals surface area contributed by atoms with E-state index >= 15 is 0 Å². The highest BCUT2D eigenvalue weighted by Gasteiger charge is 2.24. The van der Waals surface area contributed by atoms with Gasteiger partial charge in [-0.3, -0.25) is 4.90 Å². The third-order valence-electron chi connectivity index (χ3n) is 3.09. The topological polar surface area (TPSA) is 47.3 Å². The highest BCUT2D eigenvalue weighted by molar-refractivity contribution is 4.91. The second-order valence-electron chi connectivity index (χ2n) is 4.06. The number of hydrogen-bond acceptors (Lipinski definition) is 3. The molecule has 14 heavy (non-hydrogen) atoms. The van der Waals surface area contributed by atoms with Crippen LogP contribution in [0.1, 0.15) is 39.0 Å². The number of aliphatic hydroxyl groups excluding tert-OH is 1. The Balaban J connectivity index is 2.51. The van der Waals surface area contributed by atoms with E-state index in [1.807, 2.05) is 6.92 Å². The van der Waals surface area contributed by atoms with Gasteiger partial charge in [0.1, 0.15) is 0 Å². The van der Waals surface area contributed by atoms with Crippen LogP contribution >= 0.6 is 0 Å². The van der Waals surface area contributed by atoms with E-state index in [4.69, 9.17) is 10.4 Å². The first kappa shape index (κ1) is 11.5. The standard InChI is InChI=1S/C11H20N2O/c1-10(9-12)13(7-8-14)11-5-3-2-4-6-11/h10-11,14H,2-8H2,1H3. The molecule has 1 rings (SSSR count). The summed E-state index contributed by atoms with van der Waals surface area (Å²) in [6.45, 7) is 2.71. The SMILES string of the molecule is CC(C#N)N(CCO)C1CCCCC1. The van der Waals surface area contributed by atoms with Crippen LogP contribution in [0.2, 0.25) is 0 Å². The van der Waals surface area contributed by atoms with E-state index in [-0.39, 0.29) is 12.6 Å². The third-order valence-corrected chi connectivity index (χ3v) is 3.09. The average molecular weight is 196 g/mol. The van der Waals surface area contributed by atoms with Gasteiger partial charge in [0.2, 0.25) is 0 Å². The van der Waals surface area contributed by atoms with E-state index in [9.17, 15) is 0 Å². The molecule has 0 saturated heterocycles. The summed E-state index contributed by atoms with van der Waals surface area (Å²) in [6, 6.07) is 2.72. The zero-order valence-electron chi connectivity index (χ0n) is 8.95. The van der Waals surface area contributed by atoms with Crippen molar-refractivity contribution in [3.8, 4) is 6.07 Å². The maximum Gasteiger partial charge on any atom is 0.0952 e. The minimum atomic E-state index is -0.0646. The summed E-state index contributed by atoms with van der Waals surface area (Å²) in [5, 5.41) is 17.8. The Hall–Kier alpha value is -0.590. The molecule has 1 N–H and O–H groups in total. The predicted octanol–water partition coefficient (Wildman–Crippen LogP) is 1.53. The third kappa shape index (κ3) is 2.97. The molecule has 0 amide bonds. The Morgan fingerprint density at radius 1 is 1.43 bits per heavy atom. The molecule has 1 unspecified atom stereocenters. The molecule has 0 aromatic rings. The Kier molecular flexibility index (Phi) is 4.92. The molecule has 0 radical (unpaired) electrons. The van der Waals surface area contributed by atoms with Crippen molar-refractivity contribution in [2.45, 2.75) is 51.1 Å². The minimum absolute atomic E-state index is 0.0646. The molecule has 0 heterocycles. The first-order valence-electron chi connectivity index (χ1n) is 5.55. The van der Waals surface area contributed by atoms with Crippen LogP contribution in [-0.4, -0.2) is 35.2 Å². The zero-order chi connectivity index (χ0) is 10.4. The van der Waals surface area contributed by atoms with Gasteiger partial charge < -0.3 is 5.11 Å². The monoisotopic (exact) mass is 196 g/mol. The lowest BCUT2D eigenvalue weighted by Crippen LogP contribution is -2.43. The van der Waals surface area contributed by atoms with Crippen LogP contribution in [0.3, 0.4) is 0 Å². The van der Waals surface area contributed by atoms with Gasteiger partial charge >= 0.3 is 0 Å². The lowest BCUT2D eigenvalue weighted by Gasteiger charge is -2.35. The van der Waals surface area contributed by atoms with Crippen molar-refractivity contribution in [3.63, 3.8) is 0 Å². The van der Waals surface area contributed by atoms with Crippen LogP contribution in [0.15, 0.2) is 0 Å². The van der Waals surface area contributed by atoms with E-state index in [1.54, 1.807) is 0 Å². The molecule has 3 heteroatoms. The van der Waals surface area contributed by atoms with E-state index in [0.29, 0.717) is 12.6 Å². The van der Waals surface area contributed by atoms with Gasteiger partial charge in [-0.15, -0.1) is 0 Å². The van der Waals surface area contributed by atoms with Crippen LogP contribution in [0.5, 0.6) is 0 Å². The second-order valence-corrected chi connectivity index (χ2v) is 4.06. The van der Waals surface area contributed by atoms with Gasteiger partial charge in [0, 0.05) is 12.6 Å². The molecule has 1 aliphatic carbocycles. The lowest BCUT2D eigenvalue weighted by molar-refractivity contribution is 0.107. The maximum absolute atomic E-state index is 8.96. The summed E-state index contributed by atoms with van der Waals surface area (Å²) in [7, 11) is 0. The van der Waals surface area contributed by atoms with Crippen LogP contribution in [0, 0.1) is 11.3 Å². The minimum Gasteiger partial charge on any atom is -0.395 e. The fourth-order valence-corrected chi connectivity index (χ4v) is 2.29. The lowest BCUT2D eigenvalue weighted by atomic mass is 9.93. The van der Waals surface area contributed by atoms with Gasteiger partial charge in [-0.2, -0.15) is 5.26 Å². The molecular formula is C11H20N2O. The number of aliphatic hydroxyl groups is 1. The van der Waals surface area contributed by atoms with Crippen LogP contribution in [0.4, 0.5) is 0 Å². The quantitative estimate of drug-likeness (QED) is 0.741. The highest BCUT2D eigenvalue weighted by atomic mass is 16.3. The van der Waals surface area contributed by atoms with Crippen molar-refractivity contribution in [2.24, 2.45) is 0 Å². The molecule has 1 fully saturated rings. The molecule has 80 valence electrons. The summed E-state index contributed by atoms with van der Waals surface area (Å²) >= 11 is 0. The summed E-state index contributed by atoms with van der Waals surface area (Å²) in [4.78, 5) is 2.15. The second kappa shape index (κ2) is 6.00. The first-order chi connectivity index (χ1) is 6.79. The highest BCUT2D eigenvalue weighted by Crippen LogP contribution is 2.23. The Bertz CT molecular complexity index is 194. The Morgan fingerprint density at radius 3 is 2.57 bits per heavy atom. The van der Waals surface area contributed by atoms with Gasteiger partial charge in [0.15, 0.2) is 0 Å². The summed E-state index contributed by atoms with van der Waals surface area (Å²) in [5.41, 5.74) is 0. The van der Waals surface area contributed by atoms with E-state index in [1.165, 1.54) is 32.1 Å². The van der Waals surface area contributed by atoms with Crippen molar-refractivity contribution >= 4 is 0 Å². The molecule has 0 aliphatic heterocycles. The summed E-state index contributed by atoms with van der Waals surface area (Å²) in [6.07, 6.45) is 6.23. The van der Waals surface area contributed by atoms with E-state index in [0.717, 1.165) is 0 Å². The number of nitriles is 1. The molecule has 0 aromatic carbocycles. The normalized spacial score (nSPS) is 20.7. The Labute approximate surface area is 86.3 Å². The fourth-order valence-electron chi connectivity index (χ4n) is 2.29. The van der Waals surface area contributed by atoms with Gasteiger partial charge in [-0.05, 0) is 19.8 Å². The number of rotatable bonds is 4. The molecule has 0 bridgehead atoms. The first-order valence-corrected chi connectivity index (χ1v) is 5.55. The van der Waals surface area contributed by atoms with Gasteiger partial charge in [0.05, 0.1) is 18.7 Å². The van der Waals surface area contributed by atoms with Crippen molar-refractivity contribution in [2.75, 3.05) is 13.2 Å². The number of hydrogen-bond donors (Lipinski definition) is 1. The van der Waals surface area contributed by atoms with Gasteiger partial charge in [0.25, 0.3) is 0 Å². The van der Waals surface area contributed by atoms with Crippen LogP contribution in [-0.2, 0) is 0 Å². The maximum atomic E-state index is 8.96. The zero-order valence-corrected chi connectivity index (χ0v) is 8.95. The molecule has 1 atom stereocenters.